The zero-order valence-electron chi connectivity index (χ0n) is 11.1. The Labute approximate surface area is 108 Å². The first-order chi connectivity index (χ1) is 8.67. The van der Waals surface area contributed by atoms with E-state index in [0.29, 0.717) is 0 Å². The highest BCUT2D eigenvalue weighted by Gasteiger charge is 2.18. The Bertz CT molecular complexity index is 530. The molecule has 3 N–H and O–H groups in total. The number of nitrogens with one attached hydrogen (secondary N) is 1. The molecule has 1 atom stereocenters. The maximum absolute atomic E-state index is 5.73. The van der Waals surface area contributed by atoms with Crippen LogP contribution in [0.1, 0.15) is 35.5 Å². The topological polar surface area (TPSA) is 55.9 Å². The van der Waals surface area contributed by atoms with Crippen molar-refractivity contribution >= 4 is 0 Å². The lowest BCUT2D eigenvalue weighted by molar-refractivity contribution is 0.571. The lowest BCUT2D eigenvalue weighted by atomic mass is 9.99. The van der Waals surface area contributed by atoms with E-state index in [1.165, 1.54) is 11.1 Å². The highest BCUT2D eigenvalue weighted by atomic mass is 15.3. The van der Waals surface area contributed by atoms with Crippen LogP contribution in [0.5, 0.6) is 0 Å². The fourth-order valence-corrected chi connectivity index (χ4v) is 2.23. The summed E-state index contributed by atoms with van der Waals surface area (Å²) in [6, 6.07) is 10.3. The first-order valence-corrected chi connectivity index (χ1v) is 6.21. The summed E-state index contributed by atoms with van der Waals surface area (Å²) in [5, 5.41) is 4.47. The third-order valence-corrected chi connectivity index (χ3v) is 3.29. The molecule has 0 bridgehead atoms. The van der Waals surface area contributed by atoms with Gasteiger partial charge in [-0.15, -0.1) is 0 Å². The molecule has 18 heavy (non-hydrogen) atoms. The molecule has 1 unspecified atom stereocenters. The molecule has 0 aliphatic rings. The number of aryl methyl sites for hydroxylation is 3. The number of hydrogen-bond acceptors (Lipinski definition) is 3. The van der Waals surface area contributed by atoms with Gasteiger partial charge >= 0.3 is 0 Å². The molecule has 0 saturated carbocycles. The molecule has 4 nitrogen and oxygen atoms in total. The van der Waals surface area contributed by atoms with Crippen molar-refractivity contribution in [2.45, 2.75) is 26.3 Å². The number of benzene rings is 1. The fourth-order valence-electron chi connectivity index (χ4n) is 2.23. The van der Waals surface area contributed by atoms with Crippen molar-refractivity contribution in [1.82, 2.24) is 15.2 Å². The van der Waals surface area contributed by atoms with Crippen molar-refractivity contribution < 1.29 is 0 Å². The second-order valence-electron chi connectivity index (χ2n) is 4.49. The van der Waals surface area contributed by atoms with Crippen LogP contribution < -0.4 is 11.3 Å². The highest BCUT2D eigenvalue weighted by Crippen LogP contribution is 2.24. The Balaban J connectivity index is 2.45. The largest absolute Gasteiger partial charge is 0.271 e. The van der Waals surface area contributed by atoms with Crippen LogP contribution in [0.15, 0.2) is 30.3 Å². The molecule has 4 heteroatoms. The van der Waals surface area contributed by atoms with E-state index in [0.717, 1.165) is 17.8 Å². The Morgan fingerprint density at radius 2 is 2.11 bits per heavy atom. The van der Waals surface area contributed by atoms with Crippen molar-refractivity contribution in [2.75, 3.05) is 0 Å². The summed E-state index contributed by atoms with van der Waals surface area (Å²) < 4.78 is 1.90. The van der Waals surface area contributed by atoms with Crippen molar-refractivity contribution in [3.8, 4) is 0 Å². The van der Waals surface area contributed by atoms with E-state index in [4.69, 9.17) is 5.84 Å². The second-order valence-corrected chi connectivity index (χ2v) is 4.49. The predicted molar refractivity (Wildman–Crippen MR) is 72.9 cm³/mol. The Hall–Kier alpha value is -1.65. The number of nitrogens with zero attached hydrogens (tertiary/aromatic N) is 2. The molecule has 0 radical (unpaired) electrons. The summed E-state index contributed by atoms with van der Waals surface area (Å²) in [5.41, 5.74) is 7.47. The van der Waals surface area contributed by atoms with E-state index >= 15 is 0 Å². The maximum Gasteiger partial charge on any atom is 0.0880 e. The third-order valence-electron chi connectivity index (χ3n) is 3.29. The van der Waals surface area contributed by atoms with Gasteiger partial charge in [0.05, 0.1) is 17.4 Å². The predicted octanol–water partition coefficient (Wildman–Crippen LogP) is 1.84. The minimum atomic E-state index is -0.0241. The van der Waals surface area contributed by atoms with Gasteiger partial charge in [0.25, 0.3) is 0 Å². The molecular formula is C14H20N4. The normalized spacial score (nSPS) is 12.7. The maximum atomic E-state index is 5.73. The van der Waals surface area contributed by atoms with Crippen molar-refractivity contribution in [3.05, 3.63) is 52.8 Å². The molecule has 1 aromatic heterocycles. The van der Waals surface area contributed by atoms with E-state index in [2.05, 4.69) is 42.6 Å². The Kier molecular flexibility index (Phi) is 3.79. The number of aromatic nitrogens is 2. The zero-order chi connectivity index (χ0) is 13.1. The smallest absolute Gasteiger partial charge is 0.0880 e. The second kappa shape index (κ2) is 5.33. The van der Waals surface area contributed by atoms with Crippen molar-refractivity contribution in [2.24, 2.45) is 12.9 Å². The Morgan fingerprint density at radius 1 is 1.39 bits per heavy atom. The van der Waals surface area contributed by atoms with E-state index in [1.54, 1.807) is 0 Å². The van der Waals surface area contributed by atoms with Gasteiger partial charge in [-0.2, -0.15) is 5.10 Å². The SMILES string of the molecule is CCc1cc(C(NN)c2ccccc2C)n(C)n1. The Morgan fingerprint density at radius 3 is 2.67 bits per heavy atom. The molecule has 0 fully saturated rings. The van der Waals surface area contributed by atoms with E-state index in [1.807, 2.05) is 23.9 Å². The molecule has 96 valence electrons. The molecule has 0 spiro atoms. The van der Waals surface area contributed by atoms with E-state index in [-0.39, 0.29) is 6.04 Å². The average Bonchev–Trinajstić information content (AvgIpc) is 2.74. The van der Waals surface area contributed by atoms with Crippen LogP contribution in [0.25, 0.3) is 0 Å². The van der Waals surface area contributed by atoms with Gasteiger partial charge < -0.3 is 0 Å². The van der Waals surface area contributed by atoms with Crippen LogP contribution in [0.2, 0.25) is 0 Å². The van der Waals surface area contributed by atoms with E-state index in [9.17, 15) is 0 Å². The molecule has 1 heterocycles. The summed E-state index contributed by atoms with van der Waals surface area (Å²) in [5.74, 6) is 5.73. The highest BCUT2D eigenvalue weighted by molar-refractivity contribution is 5.34. The van der Waals surface area contributed by atoms with Gasteiger partial charge in [0, 0.05) is 7.05 Å². The lowest BCUT2D eigenvalue weighted by Crippen LogP contribution is -2.30. The van der Waals surface area contributed by atoms with Gasteiger partial charge in [-0.05, 0) is 30.5 Å². The van der Waals surface area contributed by atoms with Gasteiger partial charge in [0.2, 0.25) is 0 Å². The summed E-state index contributed by atoms with van der Waals surface area (Å²) in [6.45, 7) is 4.20. The van der Waals surface area contributed by atoms with Crippen LogP contribution in [0.3, 0.4) is 0 Å². The summed E-state index contributed by atoms with van der Waals surface area (Å²) in [4.78, 5) is 0. The molecule has 0 saturated heterocycles. The average molecular weight is 244 g/mol. The van der Waals surface area contributed by atoms with Crippen molar-refractivity contribution in [1.29, 1.82) is 0 Å². The van der Waals surface area contributed by atoms with Crippen molar-refractivity contribution in [3.63, 3.8) is 0 Å². The monoisotopic (exact) mass is 244 g/mol. The minimum absolute atomic E-state index is 0.0241. The lowest BCUT2D eigenvalue weighted by Gasteiger charge is -2.18. The first kappa shape index (κ1) is 12.8. The van der Waals surface area contributed by atoms with Gasteiger partial charge in [-0.25, -0.2) is 5.43 Å². The number of nitrogens with two attached hydrogens (primary N) is 1. The summed E-state index contributed by atoms with van der Waals surface area (Å²) >= 11 is 0. The minimum Gasteiger partial charge on any atom is -0.271 e. The molecule has 0 aliphatic heterocycles. The standard InChI is InChI=1S/C14H20N4/c1-4-11-9-13(18(3)17-11)14(16-15)12-8-6-5-7-10(12)2/h5-9,14,16H,4,15H2,1-3H3. The third kappa shape index (κ3) is 2.30. The van der Waals surface area contributed by atoms with E-state index < -0.39 is 0 Å². The molecule has 0 aliphatic carbocycles. The molecule has 0 amide bonds. The number of rotatable bonds is 4. The van der Waals surface area contributed by atoms with Gasteiger partial charge in [0.15, 0.2) is 0 Å². The van der Waals surface area contributed by atoms with Crippen LogP contribution >= 0.6 is 0 Å². The molecule has 2 rings (SSSR count). The quantitative estimate of drug-likeness (QED) is 0.637. The molecule has 1 aromatic carbocycles. The first-order valence-electron chi connectivity index (χ1n) is 6.21. The fraction of sp³-hybridized carbons (Fsp3) is 0.357. The summed E-state index contributed by atoms with van der Waals surface area (Å²) in [6.07, 6.45) is 0.929. The molecule has 2 aromatic rings. The van der Waals surface area contributed by atoms with Gasteiger partial charge in [-0.3, -0.25) is 10.5 Å². The van der Waals surface area contributed by atoms with Crippen LogP contribution in [-0.2, 0) is 13.5 Å². The van der Waals surface area contributed by atoms with Gasteiger partial charge in [-0.1, -0.05) is 31.2 Å². The van der Waals surface area contributed by atoms with Gasteiger partial charge in [0.1, 0.15) is 0 Å². The number of hydrogen-bond donors (Lipinski definition) is 2. The van der Waals surface area contributed by atoms with Crippen LogP contribution in [0.4, 0.5) is 0 Å². The zero-order valence-corrected chi connectivity index (χ0v) is 11.1. The summed E-state index contributed by atoms with van der Waals surface area (Å²) in [7, 11) is 1.96. The van der Waals surface area contributed by atoms with Crippen LogP contribution in [0, 0.1) is 6.92 Å². The van der Waals surface area contributed by atoms with Crippen LogP contribution in [-0.4, -0.2) is 9.78 Å². The molecular weight excluding hydrogens is 224 g/mol. The number of hydrazine groups is 1.